The van der Waals surface area contributed by atoms with Gasteiger partial charge in [0.05, 0.1) is 42.0 Å². The van der Waals surface area contributed by atoms with Crippen molar-refractivity contribution in [1.29, 1.82) is 5.26 Å². The van der Waals surface area contributed by atoms with Gasteiger partial charge in [-0.1, -0.05) is 0 Å². The van der Waals surface area contributed by atoms with Crippen LogP contribution in [-0.2, 0) is 20.0 Å². The molecule has 5 rings (SSSR count). The second kappa shape index (κ2) is 8.44. The van der Waals surface area contributed by atoms with E-state index in [-0.39, 0.29) is 5.91 Å². The first-order valence-corrected chi connectivity index (χ1v) is 11.2. The SMILES string of the molecule is Cc1cc(-c2cnc(N3CCc4c(sc(NC(=O)c5cnn(C)c5)c4C#N)C3)cn2)ccn1. The summed E-state index contributed by atoms with van der Waals surface area (Å²) in [4.78, 5) is 29.2. The molecular formula is C23H20N8OS. The molecule has 33 heavy (non-hydrogen) atoms. The number of hydrogen-bond acceptors (Lipinski definition) is 8. The molecule has 1 N–H and O–H groups in total. The first kappa shape index (κ1) is 20.8. The second-order valence-electron chi connectivity index (χ2n) is 7.79. The maximum absolute atomic E-state index is 12.6. The molecular weight excluding hydrogens is 436 g/mol. The Hall–Kier alpha value is -4.10. The fraction of sp³-hybridized carbons (Fsp3) is 0.217. The van der Waals surface area contributed by atoms with Crippen molar-refractivity contribution in [1.82, 2.24) is 24.7 Å². The molecule has 0 atom stereocenters. The zero-order chi connectivity index (χ0) is 22.9. The standard InChI is InChI=1S/C23H20N8OS/c1-14-7-15(3-5-25-14)19-10-27-21(11-26-19)31-6-4-17-18(8-24)23(33-20(17)13-31)29-22(32)16-9-28-30(2)12-16/h3,5,7,9-12H,4,6,13H2,1-2H3,(H,29,32). The van der Waals surface area contributed by atoms with Crippen molar-refractivity contribution in [3.8, 4) is 17.3 Å². The molecule has 0 radical (unpaired) electrons. The van der Waals surface area contributed by atoms with Crippen molar-refractivity contribution in [2.45, 2.75) is 19.9 Å². The number of nitrogens with zero attached hydrogens (tertiary/aromatic N) is 7. The molecule has 164 valence electrons. The Morgan fingerprint density at radius 2 is 2.12 bits per heavy atom. The highest BCUT2D eigenvalue weighted by Gasteiger charge is 2.26. The molecule has 0 unspecified atom stereocenters. The summed E-state index contributed by atoms with van der Waals surface area (Å²) < 4.78 is 1.57. The van der Waals surface area contributed by atoms with E-state index < -0.39 is 0 Å². The number of nitriles is 1. The maximum atomic E-state index is 12.6. The summed E-state index contributed by atoms with van der Waals surface area (Å²) >= 11 is 1.44. The van der Waals surface area contributed by atoms with E-state index in [1.54, 1.807) is 36.5 Å². The van der Waals surface area contributed by atoms with Crippen molar-refractivity contribution in [3.05, 3.63) is 70.4 Å². The van der Waals surface area contributed by atoms with Gasteiger partial charge in [0.2, 0.25) is 0 Å². The van der Waals surface area contributed by atoms with Gasteiger partial charge in [-0.3, -0.25) is 19.4 Å². The van der Waals surface area contributed by atoms with E-state index in [1.165, 1.54) is 17.5 Å². The van der Waals surface area contributed by atoms with E-state index in [0.29, 0.717) is 29.1 Å². The van der Waals surface area contributed by atoms with Gasteiger partial charge < -0.3 is 10.2 Å². The molecule has 0 aliphatic carbocycles. The summed E-state index contributed by atoms with van der Waals surface area (Å²) in [6.07, 6.45) is 9.16. The van der Waals surface area contributed by atoms with Crippen molar-refractivity contribution in [3.63, 3.8) is 0 Å². The monoisotopic (exact) mass is 456 g/mol. The van der Waals surface area contributed by atoms with Crippen molar-refractivity contribution in [2.75, 3.05) is 16.8 Å². The lowest BCUT2D eigenvalue weighted by Gasteiger charge is -2.27. The largest absolute Gasteiger partial charge is 0.350 e. The van der Waals surface area contributed by atoms with E-state index >= 15 is 0 Å². The number of aromatic nitrogens is 5. The third-order valence-corrected chi connectivity index (χ3v) is 6.65. The summed E-state index contributed by atoms with van der Waals surface area (Å²) in [5, 5.41) is 17.2. The zero-order valence-electron chi connectivity index (χ0n) is 18.1. The number of fused-ring (bicyclic) bond motifs is 1. The number of amides is 1. The van der Waals surface area contributed by atoms with Gasteiger partial charge in [-0.15, -0.1) is 11.3 Å². The summed E-state index contributed by atoms with van der Waals surface area (Å²) in [5.74, 6) is 0.505. The third kappa shape index (κ3) is 4.06. The van der Waals surface area contributed by atoms with Gasteiger partial charge in [0.1, 0.15) is 16.9 Å². The summed E-state index contributed by atoms with van der Waals surface area (Å²) in [7, 11) is 1.75. The molecule has 0 bridgehead atoms. The molecule has 4 aromatic heterocycles. The van der Waals surface area contributed by atoms with Gasteiger partial charge in [0.15, 0.2) is 0 Å². The van der Waals surface area contributed by atoms with Gasteiger partial charge in [-0.25, -0.2) is 4.98 Å². The summed E-state index contributed by atoms with van der Waals surface area (Å²) in [6.45, 7) is 3.27. The van der Waals surface area contributed by atoms with Crippen LogP contribution in [0.1, 0.15) is 32.1 Å². The average Bonchev–Trinajstić information content (AvgIpc) is 3.41. The van der Waals surface area contributed by atoms with Crippen LogP contribution in [-0.4, -0.2) is 37.2 Å². The number of carbonyl (C=O) groups excluding carboxylic acids is 1. The minimum Gasteiger partial charge on any atom is -0.350 e. The van der Waals surface area contributed by atoms with Crippen LogP contribution in [0.25, 0.3) is 11.3 Å². The lowest BCUT2D eigenvalue weighted by molar-refractivity contribution is 0.102. The Kier molecular flexibility index (Phi) is 5.32. The van der Waals surface area contributed by atoms with Gasteiger partial charge in [0, 0.05) is 42.1 Å². The Morgan fingerprint density at radius 1 is 1.24 bits per heavy atom. The number of nitrogens with one attached hydrogen (secondary N) is 1. The molecule has 1 aliphatic rings. The van der Waals surface area contributed by atoms with E-state index in [1.807, 2.05) is 19.1 Å². The smallest absolute Gasteiger partial charge is 0.259 e. The fourth-order valence-corrected chi connectivity index (χ4v) is 5.07. The predicted molar refractivity (Wildman–Crippen MR) is 125 cm³/mol. The van der Waals surface area contributed by atoms with Crippen molar-refractivity contribution < 1.29 is 4.79 Å². The molecule has 1 aliphatic heterocycles. The molecule has 0 aromatic carbocycles. The quantitative estimate of drug-likeness (QED) is 0.501. The zero-order valence-corrected chi connectivity index (χ0v) is 18.9. The van der Waals surface area contributed by atoms with Crippen LogP contribution < -0.4 is 10.2 Å². The van der Waals surface area contributed by atoms with E-state index in [0.717, 1.165) is 39.8 Å². The van der Waals surface area contributed by atoms with Crippen LogP contribution in [0.15, 0.2) is 43.1 Å². The Balaban J connectivity index is 1.35. The van der Waals surface area contributed by atoms with Crippen molar-refractivity contribution >= 4 is 28.1 Å². The van der Waals surface area contributed by atoms with Crippen LogP contribution in [0.2, 0.25) is 0 Å². The Bertz CT molecular complexity index is 1380. The number of aryl methyl sites for hydroxylation is 2. The first-order valence-electron chi connectivity index (χ1n) is 10.4. The van der Waals surface area contributed by atoms with Gasteiger partial charge in [-0.2, -0.15) is 10.4 Å². The topological polar surface area (TPSA) is 113 Å². The number of pyridine rings is 1. The number of anilines is 2. The van der Waals surface area contributed by atoms with Crippen LogP contribution in [0.3, 0.4) is 0 Å². The molecule has 4 aromatic rings. The number of hydrogen-bond donors (Lipinski definition) is 1. The van der Waals surface area contributed by atoms with Crippen LogP contribution >= 0.6 is 11.3 Å². The number of rotatable bonds is 4. The Morgan fingerprint density at radius 3 is 2.82 bits per heavy atom. The van der Waals surface area contributed by atoms with Crippen LogP contribution in [0.4, 0.5) is 10.8 Å². The Labute approximate surface area is 194 Å². The molecule has 9 nitrogen and oxygen atoms in total. The summed E-state index contributed by atoms with van der Waals surface area (Å²) in [5.41, 5.74) is 4.70. The average molecular weight is 457 g/mol. The first-order chi connectivity index (χ1) is 16.0. The number of thiophene rings is 1. The molecule has 0 spiro atoms. The molecule has 0 saturated carbocycles. The van der Waals surface area contributed by atoms with Crippen LogP contribution in [0.5, 0.6) is 0 Å². The minimum absolute atomic E-state index is 0.275. The molecule has 0 fully saturated rings. The maximum Gasteiger partial charge on any atom is 0.259 e. The molecule has 1 amide bonds. The van der Waals surface area contributed by atoms with E-state index in [2.05, 4.69) is 36.3 Å². The van der Waals surface area contributed by atoms with Crippen molar-refractivity contribution in [2.24, 2.45) is 7.05 Å². The van der Waals surface area contributed by atoms with Gasteiger partial charge >= 0.3 is 0 Å². The fourth-order valence-electron chi connectivity index (χ4n) is 3.86. The third-order valence-electron chi connectivity index (χ3n) is 5.52. The molecule has 5 heterocycles. The van der Waals surface area contributed by atoms with Gasteiger partial charge in [-0.05, 0) is 31.0 Å². The number of carbonyl (C=O) groups is 1. The lowest BCUT2D eigenvalue weighted by atomic mass is 10.0. The highest BCUT2D eigenvalue weighted by molar-refractivity contribution is 7.16. The summed E-state index contributed by atoms with van der Waals surface area (Å²) in [6, 6.07) is 6.17. The lowest BCUT2D eigenvalue weighted by Crippen LogP contribution is -2.30. The van der Waals surface area contributed by atoms with Crippen LogP contribution in [0, 0.1) is 18.3 Å². The highest BCUT2D eigenvalue weighted by atomic mass is 32.1. The normalized spacial score (nSPS) is 12.8. The van der Waals surface area contributed by atoms with Gasteiger partial charge in [0.25, 0.3) is 5.91 Å². The molecule has 10 heteroatoms. The van der Waals surface area contributed by atoms with E-state index in [4.69, 9.17) is 0 Å². The highest BCUT2D eigenvalue weighted by Crippen LogP contribution is 2.37. The second-order valence-corrected chi connectivity index (χ2v) is 8.90. The predicted octanol–water partition coefficient (Wildman–Crippen LogP) is 3.33. The molecule has 0 saturated heterocycles. The minimum atomic E-state index is -0.275. The van der Waals surface area contributed by atoms with E-state index in [9.17, 15) is 10.1 Å².